The first kappa shape index (κ1) is 15.1. The van der Waals surface area contributed by atoms with E-state index in [1.165, 1.54) is 27.1 Å². The smallest absolute Gasteiger partial charge is 0.0314 e. The van der Waals surface area contributed by atoms with Crippen LogP contribution >= 0.6 is 27.7 Å². The summed E-state index contributed by atoms with van der Waals surface area (Å²) in [6.07, 6.45) is 1.27. The van der Waals surface area contributed by atoms with E-state index in [-0.39, 0.29) is 0 Å². The molecule has 0 heterocycles. The first-order valence-electron chi connectivity index (χ1n) is 6.14. The lowest BCUT2D eigenvalue weighted by atomic mass is 10.1. The molecule has 1 unspecified atom stereocenters. The second kappa shape index (κ2) is 7.45. The highest BCUT2D eigenvalue weighted by Crippen LogP contribution is 2.30. The molecule has 0 spiro atoms. The van der Waals surface area contributed by atoms with Crippen molar-refractivity contribution in [3.63, 3.8) is 0 Å². The summed E-state index contributed by atoms with van der Waals surface area (Å²) in [5.74, 6) is 1.97. The standard InChI is InChI=1S/C14H22BrNS/c1-10(2)7-8-17-14-6-5-12(9-13(14)15)11(3)16-4/h5-6,9-11,16H,7-8H2,1-4H3. The van der Waals surface area contributed by atoms with Crippen LogP contribution in [-0.2, 0) is 0 Å². The van der Waals surface area contributed by atoms with Crippen molar-refractivity contribution in [1.29, 1.82) is 0 Å². The number of hydrogen-bond acceptors (Lipinski definition) is 2. The Labute approximate surface area is 118 Å². The van der Waals surface area contributed by atoms with Gasteiger partial charge < -0.3 is 5.32 Å². The van der Waals surface area contributed by atoms with Crippen molar-refractivity contribution in [3.8, 4) is 0 Å². The van der Waals surface area contributed by atoms with E-state index in [9.17, 15) is 0 Å². The molecule has 0 radical (unpaired) electrons. The lowest BCUT2D eigenvalue weighted by Gasteiger charge is -2.13. The van der Waals surface area contributed by atoms with E-state index in [1.807, 2.05) is 18.8 Å². The molecule has 0 aliphatic heterocycles. The van der Waals surface area contributed by atoms with E-state index in [1.54, 1.807) is 0 Å². The van der Waals surface area contributed by atoms with Gasteiger partial charge in [-0.25, -0.2) is 0 Å². The monoisotopic (exact) mass is 315 g/mol. The van der Waals surface area contributed by atoms with Gasteiger partial charge in [0.25, 0.3) is 0 Å². The van der Waals surface area contributed by atoms with Crippen molar-refractivity contribution < 1.29 is 0 Å². The van der Waals surface area contributed by atoms with E-state index < -0.39 is 0 Å². The summed E-state index contributed by atoms with van der Waals surface area (Å²) in [5.41, 5.74) is 1.33. The van der Waals surface area contributed by atoms with Crippen LogP contribution in [0, 0.1) is 5.92 Å². The highest BCUT2D eigenvalue weighted by Gasteiger charge is 2.06. The molecule has 1 rings (SSSR count). The van der Waals surface area contributed by atoms with Crippen LogP contribution in [0.3, 0.4) is 0 Å². The van der Waals surface area contributed by atoms with E-state index in [4.69, 9.17) is 0 Å². The molecule has 1 N–H and O–H groups in total. The molecule has 1 nitrogen and oxygen atoms in total. The van der Waals surface area contributed by atoms with Crippen LogP contribution in [0.25, 0.3) is 0 Å². The lowest BCUT2D eigenvalue weighted by molar-refractivity contribution is 0.632. The highest BCUT2D eigenvalue weighted by atomic mass is 79.9. The van der Waals surface area contributed by atoms with Crippen LogP contribution < -0.4 is 5.32 Å². The van der Waals surface area contributed by atoms with Crippen molar-refractivity contribution in [2.45, 2.75) is 38.1 Å². The zero-order valence-electron chi connectivity index (χ0n) is 11.1. The minimum atomic E-state index is 0.404. The summed E-state index contributed by atoms with van der Waals surface area (Å²) >= 11 is 5.60. The zero-order chi connectivity index (χ0) is 12.8. The Morgan fingerprint density at radius 2 is 2.00 bits per heavy atom. The first-order chi connectivity index (χ1) is 8.04. The number of hydrogen-bond donors (Lipinski definition) is 1. The van der Waals surface area contributed by atoms with Gasteiger partial charge in [-0.05, 0) is 65.7 Å². The Balaban J connectivity index is 2.63. The van der Waals surface area contributed by atoms with Crippen molar-refractivity contribution in [3.05, 3.63) is 28.2 Å². The minimum Gasteiger partial charge on any atom is -0.313 e. The molecule has 1 atom stereocenters. The van der Waals surface area contributed by atoms with Crippen molar-refractivity contribution in [2.75, 3.05) is 12.8 Å². The number of thioether (sulfide) groups is 1. The van der Waals surface area contributed by atoms with Gasteiger partial charge in [-0.2, -0.15) is 0 Å². The quantitative estimate of drug-likeness (QED) is 0.752. The molecule has 96 valence electrons. The number of nitrogens with one attached hydrogen (secondary N) is 1. The third kappa shape index (κ3) is 5.02. The van der Waals surface area contributed by atoms with Crippen LogP contribution in [0.2, 0.25) is 0 Å². The van der Waals surface area contributed by atoms with E-state index >= 15 is 0 Å². The SMILES string of the molecule is CNC(C)c1ccc(SCCC(C)C)c(Br)c1. The Hall–Kier alpha value is 0.01000. The van der Waals surface area contributed by atoms with Crippen LogP contribution in [0.1, 0.15) is 38.8 Å². The van der Waals surface area contributed by atoms with Crippen LogP contribution in [0.15, 0.2) is 27.6 Å². The maximum absolute atomic E-state index is 3.66. The molecule has 1 aromatic rings. The number of halogens is 1. The molecular weight excluding hydrogens is 294 g/mol. The first-order valence-corrected chi connectivity index (χ1v) is 7.92. The maximum Gasteiger partial charge on any atom is 0.0314 e. The molecule has 0 aliphatic carbocycles. The summed E-state index contributed by atoms with van der Waals surface area (Å²) in [6, 6.07) is 7.06. The van der Waals surface area contributed by atoms with Crippen LogP contribution in [-0.4, -0.2) is 12.8 Å². The molecule has 1 aromatic carbocycles. The summed E-state index contributed by atoms with van der Waals surface area (Å²) in [6.45, 7) is 6.72. The molecule has 0 saturated heterocycles. The second-order valence-electron chi connectivity index (χ2n) is 4.73. The van der Waals surface area contributed by atoms with Crippen molar-refractivity contribution >= 4 is 27.7 Å². The minimum absolute atomic E-state index is 0.404. The number of benzene rings is 1. The predicted molar refractivity (Wildman–Crippen MR) is 81.8 cm³/mol. The second-order valence-corrected chi connectivity index (χ2v) is 6.72. The normalized spacial score (nSPS) is 13.1. The lowest BCUT2D eigenvalue weighted by Crippen LogP contribution is -2.12. The topological polar surface area (TPSA) is 12.0 Å². The third-order valence-corrected chi connectivity index (χ3v) is 4.87. The molecule has 0 aromatic heterocycles. The summed E-state index contributed by atoms with van der Waals surface area (Å²) < 4.78 is 1.21. The van der Waals surface area contributed by atoms with E-state index in [0.717, 1.165) is 5.92 Å². The Morgan fingerprint density at radius 3 is 2.53 bits per heavy atom. The molecule has 3 heteroatoms. The van der Waals surface area contributed by atoms with Crippen molar-refractivity contribution in [1.82, 2.24) is 5.32 Å². The summed E-state index contributed by atoms with van der Waals surface area (Å²) in [5, 5.41) is 3.26. The van der Waals surface area contributed by atoms with Gasteiger partial charge in [0.2, 0.25) is 0 Å². The van der Waals surface area contributed by atoms with Gasteiger partial charge in [-0.15, -0.1) is 11.8 Å². The van der Waals surface area contributed by atoms with Gasteiger partial charge in [-0.1, -0.05) is 19.9 Å². The molecule has 0 saturated carbocycles. The fourth-order valence-corrected chi connectivity index (χ4v) is 3.38. The Kier molecular flexibility index (Phi) is 6.60. The largest absolute Gasteiger partial charge is 0.313 e. The fraction of sp³-hybridized carbons (Fsp3) is 0.571. The van der Waals surface area contributed by atoms with Crippen LogP contribution in [0.5, 0.6) is 0 Å². The van der Waals surface area contributed by atoms with E-state index in [0.29, 0.717) is 6.04 Å². The van der Waals surface area contributed by atoms with Gasteiger partial charge in [0, 0.05) is 15.4 Å². The van der Waals surface area contributed by atoms with Gasteiger partial charge in [0.15, 0.2) is 0 Å². The van der Waals surface area contributed by atoms with Gasteiger partial charge in [0.1, 0.15) is 0 Å². The summed E-state index contributed by atoms with van der Waals surface area (Å²) in [4.78, 5) is 1.35. The molecular formula is C14H22BrNS. The molecule has 0 aliphatic rings. The van der Waals surface area contributed by atoms with Gasteiger partial charge in [-0.3, -0.25) is 0 Å². The third-order valence-electron chi connectivity index (χ3n) is 2.84. The predicted octanol–water partition coefficient (Wildman–Crippen LogP) is 4.87. The fourth-order valence-electron chi connectivity index (χ4n) is 1.47. The van der Waals surface area contributed by atoms with Crippen molar-refractivity contribution in [2.24, 2.45) is 5.92 Å². The molecule has 0 amide bonds. The highest BCUT2D eigenvalue weighted by molar-refractivity contribution is 9.10. The molecule has 17 heavy (non-hydrogen) atoms. The average molecular weight is 316 g/mol. The van der Waals surface area contributed by atoms with Gasteiger partial charge >= 0.3 is 0 Å². The average Bonchev–Trinajstić information content (AvgIpc) is 2.29. The zero-order valence-corrected chi connectivity index (χ0v) is 13.5. The Bertz CT molecular complexity index is 352. The van der Waals surface area contributed by atoms with Gasteiger partial charge in [0.05, 0.1) is 0 Å². The Morgan fingerprint density at radius 1 is 1.29 bits per heavy atom. The van der Waals surface area contributed by atoms with Crippen LogP contribution in [0.4, 0.5) is 0 Å². The molecule has 0 bridgehead atoms. The summed E-state index contributed by atoms with van der Waals surface area (Å²) in [7, 11) is 1.99. The number of rotatable bonds is 6. The molecule has 0 fully saturated rings. The maximum atomic E-state index is 3.66. The van der Waals surface area contributed by atoms with E-state index in [2.05, 4.69) is 60.2 Å².